The average molecular weight is 1190 g/mol. The van der Waals surface area contributed by atoms with Gasteiger partial charge < -0.3 is 34.9 Å². The van der Waals surface area contributed by atoms with Crippen LogP contribution in [0.5, 0.6) is 0 Å². The molecule has 6 aliphatic rings. The van der Waals surface area contributed by atoms with Crippen LogP contribution in [0, 0.1) is 11.8 Å². The average Bonchev–Trinajstić information content (AvgIpc) is 3.91. The van der Waals surface area contributed by atoms with Crippen LogP contribution >= 0.6 is 69.9 Å². The third-order valence-electron chi connectivity index (χ3n) is 15.5. The summed E-state index contributed by atoms with van der Waals surface area (Å²) < 4.78 is 0. The Balaban J connectivity index is 0.000000179. The summed E-state index contributed by atoms with van der Waals surface area (Å²) in [4.78, 5) is 71.3. The minimum Gasteiger partial charge on any atom is -0.477 e. The van der Waals surface area contributed by atoms with Gasteiger partial charge in [-0.25, -0.2) is 14.8 Å². The molecule has 0 aromatic heterocycles. The quantitative estimate of drug-likeness (QED) is 0.158. The fourth-order valence-electron chi connectivity index (χ4n) is 11.5. The van der Waals surface area contributed by atoms with Gasteiger partial charge in [-0.05, 0) is 160 Å². The molecule has 0 spiro atoms. The van der Waals surface area contributed by atoms with Gasteiger partial charge in [-0.1, -0.05) is 123 Å². The molecular weight excluding hydrogens is 1120 g/mol. The lowest BCUT2D eigenvalue weighted by Gasteiger charge is -2.37. The Labute approximate surface area is 493 Å². The first-order chi connectivity index (χ1) is 37.3. The van der Waals surface area contributed by atoms with Crippen molar-refractivity contribution < 1.29 is 24.3 Å². The number of nitrogens with zero attached hydrogens (tertiary/aromatic N) is 7. The number of likely N-dealkylation sites (tertiary alicyclic amines) is 1. The highest BCUT2D eigenvalue weighted by Crippen LogP contribution is 2.58. The molecule has 0 bridgehead atoms. The van der Waals surface area contributed by atoms with Crippen LogP contribution in [0.25, 0.3) is 0 Å². The number of carbonyl (C=O) groups excluding carboxylic acids is 3. The molecule has 3 amide bonds. The second kappa shape index (κ2) is 24.2. The highest BCUT2D eigenvalue weighted by molar-refractivity contribution is 8.18. The molecule has 2 N–H and O–H groups in total. The Hall–Kier alpha value is -5.00. The van der Waals surface area contributed by atoms with Crippen molar-refractivity contribution in [1.29, 1.82) is 0 Å². The molecule has 2 fully saturated rings. The van der Waals surface area contributed by atoms with E-state index in [1.165, 1.54) is 23.5 Å². The number of likely N-dealkylation sites (N-methyl/N-ethyl adjacent to an activating group) is 2. The maximum atomic E-state index is 14.3. The van der Waals surface area contributed by atoms with E-state index in [4.69, 9.17) is 56.4 Å². The predicted molar refractivity (Wildman–Crippen MR) is 323 cm³/mol. The van der Waals surface area contributed by atoms with Crippen molar-refractivity contribution in [3.8, 4) is 0 Å². The van der Waals surface area contributed by atoms with E-state index in [-0.39, 0.29) is 53.7 Å². The number of nitrogens with one attached hydrogen (secondary N) is 1. The van der Waals surface area contributed by atoms with E-state index in [0.717, 1.165) is 58.1 Å². The summed E-state index contributed by atoms with van der Waals surface area (Å²) >= 11 is 27.4. The molecule has 10 rings (SSSR count). The minimum absolute atomic E-state index is 0.0170. The largest absolute Gasteiger partial charge is 0.477 e. The van der Waals surface area contributed by atoms with E-state index >= 15 is 0 Å². The van der Waals surface area contributed by atoms with Crippen molar-refractivity contribution in [3.05, 3.63) is 161 Å². The van der Waals surface area contributed by atoms with Gasteiger partial charge in [0.25, 0.3) is 5.91 Å². The van der Waals surface area contributed by atoms with Crippen molar-refractivity contribution in [2.24, 2.45) is 21.8 Å². The van der Waals surface area contributed by atoms with Gasteiger partial charge in [0.2, 0.25) is 11.8 Å². The van der Waals surface area contributed by atoms with Gasteiger partial charge in [-0.2, -0.15) is 0 Å². The van der Waals surface area contributed by atoms with Gasteiger partial charge in [0.1, 0.15) is 26.9 Å². The van der Waals surface area contributed by atoms with Gasteiger partial charge in [-0.3, -0.25) is 14.4 Å². The zero-order valence-electron chi connectivity index (χ0n) is 46.7. The zero-order chi connectivity index (χ0) is 57.6. The van der Waals surface area contributed by atoms with Gasteiger partial charge in [0.15, 0.2) is 10.3 Å². The van der Waals surface area contributed by atoms with Gasteiger partial charge >= 0.3 is 5.97 Å². The lowest BCUT2D eigenvalue weighted by molar-refractivity contribution is -0.141. The molecule has 2 saturated heterocycles. The number of carboxylic acids is 1. The van der Waals surface area contributed by atoms with Crippen LogP contribution in [0.2, 0.25) is 20.1 Å². The number of hydrogen-bond acceptors (Lipinski definition) is 11. The Morgan fingerprint density at radius 3 is 1.35 bits per heavy atom. The molecule has 0 unspecified atom stereocenters. The minimum atomic E-state index is -0.918. The summed E-state index contributed by atoms with van der Waals surface area (Å²) in [6.45, 7) is 16.6. The predicted octanol–water partition coefficient (Wildman–Crippen LogP) is 13.2. The normalized spacial score (nSPS) is 25.9. The molecule has 0 aliphatic carbocycles. The summed E-state index contributed by atoms with van der Waals surface area (Å²) in [5.41, 5.74) is 4.63. The van der Waals surface area contributed by atoms with Crippen LogP contribution in [0.3, 0.4) is 0 Å². The van der Waals surface area contributed by atoms with E-state index < -0.39 is 23.1 Å². The number of thioether (sulfide) groups is 2. The molecule has 4 aromatic rings. The number of aliphatic imine (C=N–C) groups is 2. The molecule has 79 heavy (non-hydrogen) atoms. The van der Waals surface area contributed by atoms with E-state index in [0.29, 0.717) is 47.5 Å². The van der Waals surface area contributed by atoms with E-state index in [1.54, 1.807) is 42.9 Å². The van der Waals surface area contributed by atoms with Crippen LogP contribution in [-0.2, 0) is 30.3 Å². The molecule has 19 heteroatoms. The Morgan fingerprint density at radius 1 is 0.595 bits per heavy atom. The smallest absolute Gasteiger partial charge is 0.344 e. The molecule has 6 aliphatic heterocycles. The molecule has 420 valence electrons. The Bertz CT molecular complexity index is 3100. The number of allylic oxidation sites excluding steroid dienone is 2. The van der Waals surface area contributed by atoms with Gasteiger partial charge in [0, 0.05) is 71.8 Å². The number of amides is 3. The number of carbonyl (C=O) groups is 4. The number of hydrogen-bond donors (Lipinski definition) is 2. The fourth-order valence-corrected chi connectivity index (χ4v) is 14.6. The molecule has 4 aromatic carbocycles. The monoisotopic (exact) mass is 1190 g/mol. The van der Waals surface area contributed by atoms with Crippen molar-refractivity contribution in [2.75, 3.05) is 28.2 Å². The Kier molecular flexibility index (Phi) is 18.4. The van der Waals surface area contributed by atoms with Crippen LogP contribution < -0.4 is 5.32 Å². The maximum Gasteiger partial charge on any atom is 0.344 e. The van der Waals surface area contributed by atoms with Crippen molar-refractivity contribution in [3.63, 3.8) is 0 Å². The number of rotatable bonds is 10. The summed E-state index contributed by atoms with van der Waals surface area (Å²) in [5.74, 6) is -0.757. The van der Waals surface area contributed by atoms with Crippen molar-refractivity contribution in [2.45, 2.75) is 128 Å². The standard InChI is InChI=1S/C30H34Cl2N4O2S.C22H20Cl2N2O2S.C8H16N2O/c1-17(2)24-25(28(38)35-18(3)7-16-23(35)27(37)34(5)6)39-29-33-30(4,20-10-14-22(32)15-11-20)26(36(24)29)19-8-12-21(31)13-9-19;1-12(2)17-18(20(27)28)29-21-25-22(3,14-6-10-16(24)11-7-14)19(26(17)21)13-4-8-15(23)9-5-13;1-6-4-5-7(9-6)8(11)10(2)3/h8-15,17-18,23,26H,7,16H2,1-6H3;4-12,19H,1-3H3,(H,27,28);6-7,9H,4-5H2,1-3H3/t18-,23-,26+,30-;19-,22+;6-,7-/m010/s1. The van der Waals surface area contributed by atoms with E-state index in [2.05, 4.69) is 49.7 Å². The van der Waals surface area contributed by atoms with Crippen molar-refractivity contribution >= 4 is 104 Å². The third kappa shape index (κ3) is 12.0. The number of fused-ring (bicyclic) bond motifs is 2. The number of benzene rings is 4. The van der Waals surface area contributed by atoms with Crippen LogP contribution in [0.1, 0.15) is 115 Å². The second-order valence-corrected chi connectivity index (χ2v) is 26.0. The van der Waals surface area contributed by atoms with E-state index in [1.807, 2.05) is 118 Å². The van der Waals surface area contributed by atoms with Gasteiger partial charge in [0.05, 0.1) is 18.1 Å². The number of halogens is 4. The maximum absolute atomic E-state index is 14.3. The molecule has 13 nitrogen and oxygen atoms in total. The van der Waals surface area contributed by atoms with E-state index in [9.17, 15) is 24.3 Å². The SMILES string of the molecule is CC(C)C1=C(C(=O)N2[C@@H](C)CC[C@H]2C(=O)N(C)C)SC2=N[C@@](C)(c3ccc(Cl)cc3)[C@@H](c3ccc(Cl)cc3)N21.CC(C)C1=C(C(=O)O)SC2=N[C@@](C)(c3ccc(Cl)cc3)[C@@H](c3ccc(Cl)cc3)N21.C[C@H]1CC[C@@H](C(=O)N(C)C)N1. The summed E-state index contributed by atoms with van der Waals surface area (Å²) in [7, 11) is 7.09. The first-order valence-electron chi connectivity index (χ1n) is 26.7. The highest BCUT2D eigenvalue weighted by atomic mass is 35.5. The first-order valence-corrected chi connectivity index (χ1v) is 29.8. The van der Waals surface area contributed by atoms with Crippen LogP contribution in [0.15, 0.2) is 128 Å². The summed E-state index contributed by atoms with van der Waals surface area (Å²) in [5, 5.41) is 17.2. The van der Waals surface area contributed by atoms with Crippen LogP contribution in [-0.4, -0.2) is 116 Å². The first kappa shape index (κ1) is 60.1. The fraction of sp³-hybridized carbons (Fsp3) is 0.433. The summed E-state index contributed by atoms with van der Waals surface area (Å²) in [6.07, 6.45) is 3.58. The lowest BCUT2D eigenvalue weighted by atomic mass is 9.81. The molecule has 0 saturated carbocycles. The lowest BCUT2D eigenvalue weighted by Crippen LogP contribution is -2.48. The number of aliphatic carboxylic acids is 1. The Morgan fingerprint density at radius 2 is 0.987 bits per heavy atom. The number of amidine groups is 2. The molecule has 8 atom stereocenters. The second-order valence-electron chi connectivity index (χ2n) is 22.3. The number of carboxylic acid groups (broad SMARTS) is 1. The summed E-state index contributed by atoms with van der Waals surface area (Å²) in [6, 6.07) is 30.8. The highest BCUT2D eigenvalue weighted by Gasteiger charge is 2.56. The topological polar surface area (TPSA) is 141 Å². The van der Waals surface area contributed by atoms with Crippen molar-refractivity contribution in [1.82, 2.24) is 29.8 Å². The molecular formula is C60H70Cl4N8O5S2. The zero-order valence-corrected chi connectivity index (χ0v) is 51.4. The van der Waals surface area contributed by atoms with Gasteiger partial charge in [-0.15, -0.1) is 0 Å². The van der Waals surface area contributed by atoms with Crippen LogP contribution in [0.4, 0.5) is 0 Å². The molecule has 0 radical (unpaired) electrons. The molecule has 6 heterocycles. The third-order valence-corrected chi connectivity index (χ3v) is 18.6.